The fourth-order valence-corrected chi connectivity index (χ4v) is 11.9. The molecule has 16 heteroatoms. The SMILES string of the molecule is C[C@@H]1O[C@@H]([C@@](O)(C(O)OCCCCCBr)[C@](O)(C(O)OCCCCCBr)[C@@H]2O[C@@H](C)[C@@H](OCc3ccccc3)[C@@H](OCc3ccccc3)[C@@H]2OCc2ccccc2)[C@@H](OCc2ccccc2)[C@H](OCc2ccccc2)[C@@H]1OCc1ccccc1. The summed E-state index contributed by atoms with van der Waals surface area (Å²) in [6.45, 7) is 3.79. The Labute approximate surface area is 512 Å². The fourth-order valence-electron chi connectivity index (χ4n) is 11.1. The minimum Gasteiger partial charge on any atom is -0.379 e. The maximum atomic E-state index is 14.8. The summed E-state index contributed by atoms with van der Waals surface area (Å²) in [5.74, 6) is 0. The smallest absolute Gasteiger partial charge is 0.189 e. The van der Waals surface area contributed by atoms with E-state index in [0.717, 1.165) is 56.9 Å². The van der Waals surface area contributed by atoms with Crippen molar-refractivity contribution in [3.05, 3.63) is 215 Å². The summed E-state index contributed by atoms with van der Waals surface area (Å²) in [5, 5.41) is 57.7. The first-order valence-electron chi connectivity index (χ1n) is 29.4. The Balaban J connectivity index is 1.33. The van der Waals surface area contributed by atoms with Gasteiger partial charge in [-0.1, -0.05) is 227 Å². The van der Waals surface area contributed by atoms with Crippen molar-refractivity contribution in [2.45, 2.75) is 177 Å². The number of aliphatic hydroxyl groups excluding tert-OH is 2. The van der Waals surface area contributed by atoms with Crippen molar-refractivity contribution in [3.63, 3.8) is 0 Å². The molecule has 0 aromatic heterocycles. The van der Waals surface area contributed by atoms with Gasteiger partial charge in [0.1, 0.15) is 48.8 Å². The van der Waals surface area contributed by atoms with Crippen LogP contribution in [0.1, 0.15) is 85.8 Å². The minimum absolute atomic E-state index is 0.0451. The second kappa shape index (κ2) is 34.3. The lowest BCUT2D eigenvalue weighted by Gasteiger charge is -2.60. The molecular formula is C68H84Br2O14. The van der Waals surface area contributed by atoms with E-state index in [1.807, 2.05) is 182 Å². The zero-order valence-electron chi connectivity index (χ0n) is 48.2. The standard InChI is InChI=1S/C68H84Br2O14/c1-49-57(77-43-51-27-11-3-12-28-51)59(79-45-53-31-15-5-16-32-53)61(81-47-55-35-19-7-20-36-55)63(83-49)67(73,65(71)75-41-25-9-23-39-69)68(74,66(72)76-42-26-10-24-40-70)64-62(82-48-56-37-21-8-22-38-56)60(80-46-54-33-17-6-18-34-54)58(50(2)84-64)78-44-52-29-13-4-14-30-52/h3-8,11-22,27-38,49-50,57-66,71-74H,9-10,23-26,39-48H2,1-2H3/t49-,50-,57+,58+,59+,60+,61-,62-,63+,64+,65?,66?,67+,68+/m0/s1. The molecule has 6 aromatic carbocycles. The quantitative estimate of drug-likeness (QED) is 0.0168. The normalized spacial score (nSPS) is 24.9. The topological polar surface area (TPSA) is 173 Å². The predicted molar refractivity (Wildman–Crippen MR) is 328 cm³/mol. The second-order valence-electron chi connectivity index (χ2n) is 21.7. The molecule has 6 aromatic rings. The maximum Gasteiger partial charge on any atom is 0.189 e. The van der Waals surface area contributed by atoms with E-state index < -0.39 is 84.8 Å². The highest BCUT2D eigenvalue weighted by Gasteiger charge is 2.74. The number of rotatable bonds is 35. The van der Waals surface area contributed by atoms with Gasteiger partial charge in [-0.2, -0.15) is 0 Å². The van der Waals surface area contributed by atoms with Crippen molar-refractivity contribution in [2.24, 2.45) is 0 Å². The first-order valence-corrected chi connectivity index (χ1v) is 31.7. The van der Waals surface area contributed by atoms with E-state index in [4.69, 9.17) is 47.4 Å². The van der Waals surface area contributed by atoms with Crippen LogP contribution in [0.2, 0.25) is 0 Å². The summed E-state index contributed by atoms with van der Waals surface area (Å²) in [4.78, 5) is 0. The van der Waals surface area contributed by atoms with Crippen molar-refractivity contribution in [1.82, 2.24) is 0 Å². The molecule has 0 aliphatic carbocycles. The van der Waals surface area contributed by atoms with Crippen LogP contribution < -0.4 is 0 Å². The average Bonchev–Trinajstić information content (AvgIpc) is 2.54. The average molecular weight is 1290 g/mol. The van der Waals surface area contributed by atoms with Gasteiger partial charge in [0.05, 0.1) is 51.8 Å². The fraction of sp³-hybridized carbons (Fsp3) is 0.471. The maximum absolute atomic E-state index is 14.8. The lowest BCUT2D eigenvalue weighted by molar-refractivity contribution is -0.420. The number of hydrogen-bond donors (Lipinski definition) is 4. The molecule has 2 unspecified atom stereocenters. The third-order valence-corrected chi connectivity index (χ3v) is 16.7. The van der Waals surface area contributed by atoms with Gasteiger partial charge < -0.3 is 67.8 Å². The van der Waals surface area contributed by atoms with Gasteiger partial charge >= 0.3 is 0 Å². The summed E-state index contributed by atoms with van der Waals surface area (Å²) >= 11 is 7.06. The van der Waals surface area contributed by atoms with Crippen molar-refractivity contribution in [1.29, 1.82) is 0 Å². The van der Waals surface area contributed by atoms with E-state index in [1.165, 1.54) is 0 Å². The van der Waals surface area contributed by atoms with Crippen LogP contribution in [0.4, 0.5) is 0 Å². The van der Waals surface area contributed by atoms with Gasteiger partial charge in [0.15, 0.2) is 23.8 Å². The second-order valence-corrected chi connectivity index (χ2v) is 23.3. The molecule has 454 valence electrons. The van der Waals surface area contributed by atoms with Crippen LogP contribution >= 0.6 is 31.9 Å². The molecule has 14 nitrogen and oxygen atoms in total. The Bertz CT molecular complexity index is 2520. The number of ether oxygens (including phenoxy) is 10. The molecule has 4 N–H and O–H groups in total. The molecule has 0 spiro atoms. The molecule has 8 rings (SSSR count). The third-order valence-electron chi connectivity index (χ3n) is 15.6. The van der Waals surface area contributed by atoms with Gasteiger partial charge in [-0.15, -0.1) is 0 Å². The Kier molecular flexibility index (Phi) is 26.8. The van der Waals surface area contributed by atoms with Crippen molar-refractivity contribution in [3.8, 4) is 0 Å². The Morgan fingerprint density at radius 1 is 0.357 bits per heavy atom. The lowest BCUT2D eigenvalue weighted by Crippen LogP contribution is -2.84. The molecule has 84 heavy (non-hydrogen) atoms. The summed E-state index contributed by atoms with van der Waals surface area (Å²) in [7, 11) is 0. The molecular weight excluding hydrogens is 1200 g/mol. The third kappa shape index (κ3) is 17.7. The lowest BCUT2D eigenvalue weighted by atomic mass is 9.67. The summed E-state index contributed by atoms with van der Waals surface area (Å²) in [6, 6.07) is 57.7. The largest absolute Gasteiger partial charge is 0.379 e. The molecule has 0 bridgehead atoms. The van der Waals surface area contributed by atoms with Crippen LogP contribution in [0.25, 0.3) is 0 Å². The van der Waals surface area contributed by atoms with Gasteiger partial charge in [0.2, 0.25) is 0 Å². The highest BCUT2D eigenvalue weighted by atomic mass is 79.9. The highest BCUT2D eigenvalue weighted by Crippen LogP contribution is 2.49. The van der Waals surface area contributed by atoms with E-state index in [1.54, 1.807) is 13.8 Å². The van der Waals surface area contributed by atoms with E-state index in [0.29, 0.717) is 25.7 Å². The van der Waals surface area contributed by atoms with E-state index in [9.17, 15) is 20.4 Å². The molecule has 0 saturated carbocycles. The molecule has 2 heterocycles. The number of hydrogen-bond acceptors (Lipinski definition) is 14. The zero-order chi connectivity index (χ0) is 59.0. The summed E-state index contributed by atoms with van der Waals surface area (Å²) < 4.78 is 69.2. The van der Waals surface area contributed by atoms with Gasteiger partial charge in [0, 0.05) is 23.9 Å². The Morgan fingerprint density at radius 3 is 0.845 bits per heavy atom. The number of aliphatic hydroxyl groups is 4. The van der Waals surface area contributed by atoms with Crippen LogP contribution in [0, 0.1) is 0 Å². The Morgan fingerprint density at radius 2 is 0.595 bits per heavy atom. The van der Waals surface area contributed by atoms with Crippen LogP contribution in [0.5, 0.6) is 0 Å². The van der Waals surface area contributed by atoms with Crippen LogP contribution in [-0.2, 0) is 87.0 Å². The predicted octanol–water partition coefficient (Wildman–Crippen LogP) is 11.3. The first kappa shape index (κ1) is 65.7. The van der Waals surface area contributed by atoms with Crippen molar-refractivity contribution in [2.75, 3.05) is 23.9 Å². The monoisotopic (exact) mass is 1280 g/mol. The van der Waals surface area contributed by atoms with Gasteiger partial charge in [-0.25, -0.2) is 0 Å². The van der Waals surface area contributed by atoms with E-state index >= 15 is 0 Å². The first-order chi connectivity index (χ1) is 41.0. The molecule has 2 fully saturated rings. The highest BCUT2D eigenvalue weighted by molar-refractivity contribution is 9.09. The molecule has 0 radical (unpaired) electrons. The number of halogens is 2. The Hall–Kier alpha value is -4.28. The van der Waals surface area contributed by atoms with Crippen LogP contribution in [0.15, 0.2) is 182 Å². The summed E-state index contributed by atoms with van der Waals surface area (Å²) in [6.07, 6.45) is -13.0. The van der Waals surface area contributed by atoms with E-state index in [-0.39, 0.29) is 52.9 Å². The van der Waals surface area contributed by atoms with E-state index in [2.05, 4.69) is 31.9 Å². The van der Waals surface area contributed by atoms with Crippen LogP contribution in [-0.4, -0.2) is 129 Å². The van der Waals surface area contributed by atoms with Gasteiger partial charge in [0.25, 0.3) is 0 Å². The van der Waals surface area contributed by atoms with Gasteiger partial charge in [-0.3, -0.25) is 0 Å². The van der Waals surface area contributed by atoms with Crippen molar-refractivity contribution >= 4 is 31.9 Å². The minimum atomic E-state index is -3.17. The molecule has 2 saturated heterocycles. The number of benzene rings is 6. The molecule has 14 atom stereocenters. The zero-order valence-corrected chi connectivity index (χ0v) is 51.4. The summed E-state index contributed by atoms with van der Waals surface area (Å²) in [5.41, 5.74) is -1.35. The number of unbranched alkanes of at least 4 members (excludes halogenated alkanes) is 4. The molecule has 0 amide bonds. The van der Waals surface area contributed by atoms with Crippen LogP contribution in [0.3, 0.4) is 0 Å². The van der Waals surface area contributed by atoms with Crippen molar-refractivity contribution < 1.29 is 67.8 Å². The molecule has 2 aliphatic rings. The van der Waals surface area contributed by atoms with Gasteiger partial charge in [-0.05, 0) is 72.9 Å². The number of alkyl halides is 2. The molecule has 2 aliphatic heterocycles.